The number of hydrogen-bond donors (Lipinski definition) is 3. The first-order valence-electron chi connectivity index (χ1n) is 3.89. The number of nitrogens with two attached hydrogens (primary N) is 1. The number of carboxylic acid groups (broad SMARTS) is 1. The van der Waals surface area contributed by atoms with Gasteiger partial charge in [-0.1, -0.05) is 0 Å². The van der Waals surface area contributed by atoms with Crippen LogP contribution in [0.5, 0.6) is 0 Å². The minimum absolute atomic E-state index is 0.0574. The molecule has 0 fully saturated rings. The molecule has 4 N–H and O–H groups in total. The summed E-state index contributed by atoms with van der Waals surface area (Å²) in [5.74, 6) is -2.18. The van der Waals surface area contributed by atoms with E-state index < -0.39 is 28.4 Å². The molecule has 15 heavy (non-hydrogen) atoms. The van der Waals surface area contributed by atoms with Crippen LogP contribution >= 0.6 is 0 Å². The number of hydrogen-bond acceptors (Lipinski definition) is 5. The van der Waals surface area contributed by atoms with Gasteiger partial charge < -0.3 is 10.8 Å². The van der Waals surface area contributed by atoms with Gasteiger partial charge in [0, 0.05) is 6.42 Å². The fraction of sp³-hybridized carbons (Fsp3) is 0.667. The maximum atomic E-state index is 10.4. The maximum Gasteiger partial charge on any atom is 0.398 e. The molecule has 0 heterocycles. The highest BCUT2D eigenvalue weighted by molar-refractivity contribution is 7.80. The maximum absolute atomic E-state index is 10.4. The molecule has 0 saturated heterocycles. The Morgan fingerprint density at radius 2 is 1.93 bits per heavy atom. The highest BCUT2D eigenvalue weighted by Crippen LogP contribution is 2.07. The third kappa shape index (κ3) is 7.85. The Labute approximate surface area is 86.0 Å². The Bertz CT molecular complexity index is 335. The first-order valence-corrected chi connectivity index (χ1v) is 5.25. The summed E-state index contributed by atoms with van der Waals surface area (Å²) < 4.78 is 32.5. The second kappa shape index (κ2) is 5.63. The van der Waals surface area contributed by atoms with E-state index in [1.165, 1.54) is 0 Å². The molecule has 1 amide bonds. The van der Waals surface area contributed by atoms with E-state index in [0.29, 0.717) is 0 Å². The quantitative estimate of drug-likeness (QED) is 0.480. The molecule has 0 unspecified atom stereocenters. The van der Waals surface area contributed by atoms with Gasteiger partial charge in [-0.05, 0) is 12.8 Å². The Morgan fingerprint density at radius 1 is 1.40 bits per heavy atom. The molecular formula is C6H11NO7S. The number of primary amides is 1. The van der Waals surface area contributed by atoms with Crippen LogP contribution in [-0.2, 0) is 24.2 Å². The summed E-state index contributed by atoms with van der Waals surface area (Å²) >= 11 is 0. The smallest absolute Gasteiger partial charge is 0.398 e. The summed E-state index contributed by atoms with van der Waals surface area (Å²) in [6.45, 7) is 0. The van der Waals surface area contributed by atoms with Gasteiger partial charge in [0.2, 0.25) is 5.91 Å². The summed E-state index contributed by atoms with van der Waals surface area (Å²) in [5, 5.41) is 8.49. The predicted octanol–water partition coefficient (Wildman–Crippen LogP) is -1.09. The highest BCUT2D eigenvalue weighted by Gasteiger charge is 2.24. The lowest BCUT2D eigenvalue weighted by molar-refractivity contribution is -0.145. The molecule has 0 bridgehead atoms. The van der Waals surface area contributed by atoms with Gasteiger partial charge in [-0.2, -0.15) is 8.42 Å². The van der Waals surface area contributed by atoms with E-state index in [0.717, 1.165) is 0 Å². The molecule has 0 radical (unpaired) electrons. The number of carbonyl (C=O) groups excluding carboxylic acids is 1. The van der Waals surface area contributed by atoms with E-state index in [-0.39, 0.29) is 19.3 Å². The van der Waals surface area contributed by atoms with Crippen LogP contribution in [0, 0.1) is 0 Å². The van der Waals surface area contributed by atoms with Gasteiger partial charge in [0.1, 0.15) is 0 Å². The predicted molar refractivity (Wildman–Crippen MR) is 47.1 cm³/mol. The molecule has 9 heteroatoms. The van der Waals surface area contributed by atoms with Crippen molar-refractivity contribution in [3.63, 3.8) is 0 Å². The van der Waals surface area contributed by atoms with Gasteiger partial charge >= 0.3 is 16.4 Å². The molecule has 0 aliphatic heterocycles. The van der Waals surface area contributed by atoms with Gasteiger partial charge in [-0.25, -0.2) is 8.98 Å². The van der Waals surface area contributed by atoms with Crippen molar-refractivity contribution in [2.75, 3.05) is 0 Å². The van der Waals surface area contributed by atoms with Gasteiger partial charge in [-0.3, -0.25) is 9.35 Å². The molecule has 0 aliphatic carbocycles. The van der Waals surface area contributed by atoms with E-state index in [1.807, 2.05) is 0 Å². The van der Waals surface area contributed by atoms with Crippen LogP contribution in [0.2, 0.25) is 0 Å². The van der Waals surface area contributed by atoms with Crippen molar-refractivity contribution in [2.24, 2.45) is 5.73 Å². The SMILES string of the molecule is NC(=O)CCC[C@@H](OS(=O)(=O)O)C(=O)O. The van der Waals surface area contributed by atoms with Crippen molar-refractivity contribution in [2.45, 2.75) is 25.4 Å². The molecule has 0 aliphatic rings. The third-order valence-electron chi connectivity index (χ3n) is 1.40. The van der Waals surface area contributed by atoms with Crippen molar-refractivity contribution in [3.8, 4) is 0 Å². The second-order valence-electron chi connectivity index (χ2n) is 2.71. The third-order valence-corrected chi connectivity index (χ3v) is 1.88. The second-order valence-corrected chi connectivity index (χ2v) is 3.76. The number of carbonyl (C=O) groups is 2. The van der Waals surface area contributed by atoms with Gasteiger partial charge in [0.25, 0.3) is 0 Å². The molecule has 8 nitrogen and oxygen atoms in total. The van der Waals surface area contributed by atoms with Gasteiger partial charge in [-0.15, -0.1) is 0 Å². The molecule has 0 aromatic rings. The Kier molecular flexibility index (Phi) is 5.19. The average Bonchev–Trinajstić information content (AvgIpc) is 1.99. The van der Waals surface area contributed by atoms with E-state index >= 15 is 0 Å². The lowest BCUT2D eigenvalue weighted by atomic mass is 10.1. The molecule has 0 aromatic heterocycles. The minimum atomic E-state index is -4.82. The minimum Gasteiger partial charge on any atom is -0.479 e. The molecule has 1 atom stereocenters. The average molecular weight is 241 g/mol. The molecular weight excluding hydrogens is 230 g/mol. The summed E-state index contributed by atoms with van der Waals surface area (Å²) in [5.41, 5.74) is 4.79. The van der Waals surface area contributed by atoms with Crippen molar-refractivity contribution in [1.82, 2.24) is 0 Å². The lowest BCUT2D eigenvalue weighted by Gasteiger charge is -2.09. The zero-order valence-corrected chi connectivity index (χ0v) is 8.44. The summed E-state index contributed by atoms with van der Waals surface area (Å²) in [6, 6.07) is 0. The van der Waals surface area contributed by atoms with Crippen molar-refractivity contribution in [3.05, 3.63) is 0 Å². The normalized spacial score (nSPS) is 13.4. The number of aliphatic carboxylic acids is 1. The Hall–Kier alpha value is -1.19. The van der Waals surface area contributed by atoms with Crippen molar-refractivity contribution < 1.29 is 31.8 Å². The molecule has 88 valence electrons. The van der Waals surface area contributed by atoms with Crippen LogP contribution in [0.25, 0.3) is 0 Å². The Balaban J connectivity index is 4.18. The van der Waals surface area contributed by atoms with E-state index in [2.05, 4.69) is 4.18 Å². The van der Waals surface area contributed by atoms with E-state index in [4.69, 9.17) is 15.4 Å². The first-order chi connectivity index (χ1) is 6.72. The lowest BCUT2D eigenvalue weighted by Crippen LogP contribution is -2.27. The molecule has 0 saturated carbocycles. The van der Waals surface area contributed by atoms with Crippen LogP contribution in [0.4, 0.5) is 0 Å². The summed E-state index contributed by atoms with van der Waals surface area (Å²) in [6.07, 6.45) is -1.97. The van der Waals surface area contributed by atoms with Crippen LogP contribution in [0.3, 0.4) is 0 Å². The number of carboxylic acids is 1. The van der Waals surface area contributed by atoms with Crippen LogP contribution in [0.1, 0.15) is 19.3 Å². The zero-order chi connectivity index (χ0) is 12.1. The van der Waals surface area contributed by atoms with Crippen LogP contribution in [-0.4, -0.2) is 36.1 Å². The molecule has 0 aromatic carbocycles. The number of amides is 1. The van der Waals surface area contributed by atoms with E-state index in [9.17, 15) is 18.0 Å². The molecule has 0 rings (SSSR count). The fourth-order valence-corrected chi connectivity index (χ4v) is 1.29. The highest BCUT2D eigenvalue weighted by atomic mass is 32.3. The van der Waals surface area contributed by atoms with E-state index in [1.54, 1.807) is 0 Å². The van der Waals surface area contributed by atoms with Crippen molar-refractivity contribution in [1.29, 1.82) is 0 Å². The zero-order valence-electron chi connectivity index (χ0n) is 7.62. The fourth-order valence-electron chi connectivity index (χ4n) is 0.821. The summed E-state index contributed by atoms with van der Waals surface area (Å²) in [4.78, 5) is 20.7. The van der Waals surface area contributed by atoms with Crippen LogP contribution in [0.15, 0.2) is 0 Å². The van der Waals surface area contributed by atoms with Gasteiger partial charge in [0.15, 0.2) is 6.10 Å². The number of rotatable bonds is 7. The largest absolute Gasteiger partial charge is 0.479 e. The standard InChI is InChI=1S/C6H11NO7S/c7-5(8)3-1-2-4(6(9)10)14-15(11,12)13/h4H,1-3H2,(H2,7,8)(H,9,10)(H,11,12,13)/t4-/m1/s1. The monoisotopic (exact) mass is 241 g/mol. The Morgan fingerprint density at radius 3 is 2.27 bits per heavy atom. The topological polar surface area (TPSA) is 144 Å². The van der Waals surface area contributed by atoms with Crippen molar-refractivity contribution >= 4 is 22.3 Å². The van der Waals surface area contributed by atoms with Crippen LogP contribution < -0.4 is 5.73 Å². The van der Waals surface area contributed by atoms with Gasteiger partial charge in [0.05, 0.1) is 0 Å². The summed E-state index contributed by atoms with van der Waals surface area (Å²) in [7, 11) is -4.82. The first kappa shape index (κ1) is 13.8. The molecule has 0 spiro atoms.